The van der Waals surface area contributed by atoms with Gasteiger partial charge in [-0.1, -0.05) is 6.92 Å². The van der Waals surface area contributed by atoms with E-state index in [9.17, 15) is 49.1 Å². The Bertz CT molecular complexity index is 1690. The largest absolute Gasteiger partial charge is 0.488 e. The van der Waals surface area contributed by atoms with Crippen LogP contribution in [-0.4, -0.2) is 65.1 Å². The standard InChI is InChI=1S/C33H34F9N5O6/c1-3-22-15-25(28-24(7-8-26(45-28)33(40,41)42)47(22)30(50)53-9-5-4-6-27(48)49)46(29-43-16-23(17-44-29)52-11-10-51-2)18-19-12-20(31(34,35)36)14-21(13-19)32(37,38)39/h7-8,12-14,16-17,22,25H,3-6,9-11,15,18H2,1-2H3,(H,48,49)/t22-,25-/m1/s1. The zero-order chi connectivity index (χ0) is 39.1. The van der Waals surface area contributed by atoms with Crippen molar-refractivity contribution in [3.05, 3.63) is 70.8 Å². The molecule has 0 saturated heterocycles. The van der Waals surface area contributed by atoms with Crippen LogP contribution in [0.4, 0.5) is 55.9 Å². The first-order valence-corrected chi connectivity index (χ1v) is 16.1. The van der Waals surface area contributed by atoms with E-state index >= 15 is 0 Å². The molecule has 0 saturated carbocycles. The Morgan fingerprint density at radius 2 is 1.55 bits per heavy atom. The van der Waals surface area contributed by atoms with Crippen LogP contribution in [0.25, 0.3) is 0 Å². The molecule has 20 heteroatoms. The zero-order valence-electron chi connectivity index (χ0n) is 28.2. The van der Waals surface area contributed by atoms with Gasteiger partial charge in [-0.3, -0.25) is 9.69 Å². The van der Waals surface area contributed by atoms with Gasteiger partial charge in [0.1, 0.15) is 12.3 Å². The van der Waals surface area contributed by atoms with Crippen LogP contribution in [0.15, 0.2) is 42.7 Å². The van der Waals surface area contributed by atoms with Crippen molar-refractivity contribution in [2.24, 2.45) is 0 Å². The average Bonchev–Trinajstić information content (AvgIpc) is 3.08. The average molecular weight is 768 g/mol. The van der Waals surface area contributed by atoms with Crippen molar-refractivity contribution in [3.8, 4) is 5.75 Å². The van der Waals surface area contributed by atoms with Crippen LogP contribution in [-0.2, 0) is 39.3 Å². The lowest BCUT2D eigenvalue weighted by Crippen LogP contribution is -2.48. The summed E-state index contributed by atoms with van der Waals surface area (Å²) in [5.41, 5.74) is -5.72. The predicted octanol–water partition coefficient (Wildman–Crippen LogP) is 8.08. The summed E-state index contributed by atoms with van der Waals surface area (Å²) in [6, 6.07) is 0.324. The number of halogens is 9. The summed E-state index contributed by atoms with van der Waals surface area (Å²) in [6.45, 7) is 0.895. The van der Waals surface area contributed by atoms with Crippen molar-refractivity contribution in [1.29, 1.82) is 0 Å². The van der Waals surface area contributed by atoms with Crippen LogP contribution in [0.3, 0.4) is 0 Å². The number of anilines is 2. The summed E-state index contributed by atoms with van der Waals surface area (Å²) in [5.74, 6) is -1.27. The molecule has 1 aromatic carbocycles. The number of amides is 1. The maximum absolute atomic E-state index is 14.1. The molecule has 0 unspecified atom stereocenters. The molecule has 1 aliphatic heterocycles. The molecule has 0 fully saturated rings. The molecule has 0 bridgehead atoms. The van der Waals surface area contributed by atoms with E-state index in [1.54, 1.807) is 6.92 Å². The number of hydrogen-bond acceptors (Lipinski definition) is 9. The number of nitrogens with zero attached hydrogens (tertiary/aromatic N) is 5. The van der Waals surface area contributed by atoms with Crippen LogP contribution < -0.4 is 14.5 Å². The smallest absolute Gasteiger partial charge is 0.433 e. The van der Waals surface area contributed by atoms with Crippen molar-refractivity contribution in [1.82, 2.24) is 15.0 Å². The number of aliphatic carboxylic acids is 1. The number of unbranched alkanes of at least 4 members (excludes halogenated alkanes) is 1. The number of alkyl halides is 9. The molecule has 1 aliphatic rings. The first-order chi connectivity index (χ1) is 24.8. The fourth-order valence-electron chi connectivity index (χ4n) is 5.63. The van der Waals surface area contributed by atoms with Crippen LogP contribution in [0.2, 0.25) is 0 Å². The molecule has 2 atom stereocenters. The van der Waals surface area contributed by atoms with Gasteiger partial charge in [0.25, 0.3) is 0 Å². The third-order valence-electron chi connectivity index (χ3n) is 8.11. The van der Waals surface area contributed by atoms with E-state index in [0.29, 0.717) is 18.2 Å². The van der Waals surface area contributed by atoms with E-state index in [0.717, 1.165) is 28.3 Å². The van der Waals surface area contributed by atoms with Crippen LogP contribution in [0.5, 0.6) is 5.75 Å². The molecule has 4 rings (SSSR count). The Kier molecular flexibility index (Phi) is 13.0. The SMILES string of the molecule is CC[C@@H]1C[C@@H](N(Cc2cc(C(F)(F)F)cc(C(F)(F)F)c2)c2ncc(OCCOC)cn2)c2nc(C(F)(F)F)ccc2N1C(=O)OCCCCC(=O)O. The minimum absolute atomic E-state index is 0.0537. The molecule has 0 radical (unpaired) electrons. The summed E-state index contributed by atoms with van der Waals surface area (Å²) in [6.07, 6.45) is -14.0. The molecule has 1 amide bonds. The van der Waals surface area contributed by atoms with Gasteiger partial charge >= 0.3 is 30.6 Å². The lowest BCUT2D eigenvalue weighted by atomic mass is 9.91. The van der Waals surface area contributed by atoms with Gasteiger partial charge in [0.2, 0.25) is 5.95 Å². The van der Waals surface area contributed by atoms with Crippen molar-refractivity contribution in [3.63, 3.8) is 0 Å². The Balaban J connectivity index is 1.86. The number of aromatic nitrogens is 3. The van der Waals surface area contributed by atoms with Gasteiger partial charge in [-0.25, -0.2) is 19.7 Å². The van der Waals surface area contributed by atoms with E-state index in [1.807, 2.05) is 0 Å². The first-order valence-electron chi connectivity index (χ1n) is 16.1. The van der Waals surface area contributed by atoms with E-state index < -0.39 is 77.3 Å². The van der Waals surface area contributed by atoms with Crippen molar-refractivity contribution in [2.45, 2.75) is 76.2 Å². The molecule has 0 spiro atoms. The van der Waals surface area contributed by atoms with Crippen molar-refractivity contribution in [2.75, 3.05) is 36.7 Å². The third kappa shape index (κ3) is 10.6. The van der Waals surface area contributed by atoms with E-state index in [1.165, 1.54) is 7.11 Å². The van der Waals surface area contributed by atoms with Gasteiger partial charge in [0, 0.05) is 26.1 Å². The second-order valence-electron chi connectivity index (χ2n) is 11.8. The number of ether oxygens (including phenoxy) is 3. The van der Waals surface area contributed by atoms with E-state index in [4.69, 9.17) is 19.3 Å². The zero-order valence-corrected chi connectivity index (χ0v) is 28.2. The van der Waals surface area contributed by atoms with E-state index in [-0.39, 0.29) is 75.4 Å². The Hall–Kier alpha value is -4.88. The first kappa shape index (κ1) is 40.9. The molecule has 3 heterocycles. The van der Waals surface area contributed by atoms with Crippen LogP contribution in [0, 0.1) is 0 Å². The number of hydrogen-bond donors (Lipinski definition) is 1. The molecular weight excluding hydrogens is 733 g/mol. The summed E-state index contributed by atoms with van der Waals surface area (Å²) in [7, 11) is 1.42. The minimum atomic E-state index is -5.19. The monoisotopic (exact) mass is 767 g/mol. The fourth-order valence-corrected chi connectivity index (χ4v) is 5.63. The van der Waals surface area contributed by atoms with Gasteiger partial charge in [-0.15, -0.1) is 0 Å². The number of carbonyl (C=O) groups excluding carboxylic acids is 1. The lowest BCUT2D eigenvalue weighted by Gasteiger charge is -2.43. The van der Waals surface area contributed by atoms with Gasteiger partial charge in [0.15, 0.2) is 5.75 Å². The number of benzene rings is 1. The fraction of sp³-hybridized carbons (Fsp3) is 0.485. The third-order valence-corrected chi connectivity index (χ3v) is 8.11. The molecule has 53 heavy (non-hydrogen) atoms. The van der Waals surface area contributed by atoms with Crippen molar-refractivity contribution < 1.29 is 68.4 Å². The highest BCUT2D eigenvalue weighted by Crippen LogP contribution is 2.45. The molecule has 11 nitrogen and oxygen atoms in total. The molecular formula is C33H34F9N5O6. The predicted molar refractivity (Wildman–Crippen MR) is 168 cm³/mol. The van der Waals surface area contributed by atoms with Gasteiger partial charge in [-0.05, 0) is 61.6 Å². The maximum Gasteiger partial charge on any atom is 0.433 e. The normalized spacial score (nSPS) is 16.2. The number of methoxy groups -OCH3 is 1. The van der Waals surface area contributed by atoms with Crippen LogP contribution in [0.1, 0.15) is 73.1 Å². The summed E-state index contributed by atoms with van der Waals surface area (Å²) < 4.78 is 141. The van der Waals surface area contributed by atoms with Gasteiger partial charge < -0.3 is 24.2 Å². The number of carbonyl (C=O) groups is 2. The Morgan fingerprint density at radius 3 is 2.09 bits per heavy atom. The molecule has 0 aliphatic carbocycles. The summed E-state index contributed by atoms with van der Waals surface area (Å²) in [5, 5.41) is 8.86. The maximum atomic E-state index is 14.1. The van der Waals surface area contributed by atoms with E-state index in [2.05, 4.69) is 15.0 Å². The summed E-state index contributed by atoms with van der Waals surface area (Å²) in [4.78, 5) is 38.7. The Morgan fingerprint density at radius 1 is 0.906 bits per heavy atom. The molecule has 290 valence electrons. The molecule has 2 aromatic heterocycles. The number of fused-ring (bicyclic) bond motifs is 1. The highest BCUT2D eigenvalue weighted by Gasteiger charge is 2.44. The Labute approximate surface area is 296 Å². The minimum Gasteiger partial charge on any atom is -0.488 e. The number of pyridine rings is 1. The number of rotatable bonds is 14. The van der Waals surface area contributed by atoms with Gasteiger partial charge in [0.05, 0.1) is 54.2 Å². The molecule has 1 N–H and O–H groups in total. The lowest BCUT2D eigenvalue weighted by molar-refractivity contribution is -0.143. The summed E-state index contributed by atoms with van der Waals surface area (Å²) >= 11 is 0. The second-order valence-corrected chi connectivity index (χ2v) is 11.8. The van der Waals surface area contributed by atoms with Crippen molar-refractivity contribution >= 4 is 23.7 Å². The highest BCUT2D eigenvalue weighted by molar-refractivity contribution is 5.90. The van der Waals surface area contributed by atoms with Gasteiger partial charge in [-0.2, -0.15) is 39.5 Å². The highest BCUT2D eigenvalue weighted by atomic mass is 19.4. The topological polar surface area (TPSA) is 127 Å². The number of carboxylic acid groups (broad SMARTS) is 1. The quantitative estimate of drug-likeness (QED) is 0.127. The second kappa shape index (κ2) is 16.9. The van der Waals surface area contributed by atoms with Crippen LogP contribution >= 0.6 is 0 Å². The number of carboxylic acids is 1. The molecule has 3 aromatic rings.